The molecule has 22 heavy (non-hydrogen) atoms. The highest BCUT2D eigenvalue weighted by atomic mass is 19.2. The summed E-state index contributed by atoms with van der Waals surface area (Å²) in [5.41, 5.74) is 2.31. The third kappa shape index (κ3) is 1.73. The molecule has 0 spiro atoms. The first-order chi connectivity index (χ1) is 10.2. The van der Waals surface area contributed by atoms with Gasteiger partial charge >= 0.3 is 5.97 Å². The monoisotopic (exact) mass is 312 g/mol. The van der Waals surface area contributed by atoms with Crippen molar-refractivity contribution < 1.29 is 23.1 Å². The molecule has 1 aliphatic rings. The summed E-state index contributed by atoms with van der Waals surface area (Å²) in [7, 11) is 0. The molecule has 0 aliphatic heterocycles. The van der Waals surface area contributed by atoms with Crippen molar-refractivity contribution in [2.75, 3.05) is 5.73 Å². The van der Waals surface area contributed by atoms with Crippen LogP contribution in [0.25, 0.3) is 10.9 Å². The maximum atomic E-state index is 14.5. The molecule has 0 bridgehead atoms. The topological polar surface area (TPSA) is 85.3 Å². The molecule has 1 fully saturated rings. The summed E-state index contributed by atoms with van der Waals surface area (Å²) >= 11 is 0. The third-order valence-corrected chi connectivity index (χ3v) is 3.92. The normalized spacial score (nSPS) is 16.0. The van der Waals surface area contributed by atoms with E-state index in [1.54, 1.807) is 0 Å². The van der Waals surface area contributed by atoms with Crippen LogP contribution in [-0.4, -0.2) is 15.6 Å². The van der Waals surface area contributed by atoms with Crippen LogP contribution in [0.1, 0.15) is 28.8 Å². The van der Waals surface area contributed by atoms with Crippen molar-refractivity contribution in [2.45, 2.75) is 25.6 Å². The number of aromatic carboxylic acids is 1. The number of carboxylic acids is 1. The Bertz CT molecular complexity index is 901. The van der Waals surface area contributed by atoms with Gasteiger partial charge in [-0.3, -0.25) is 4.79 Å². The summed E-state index contributed by atoms with van der Waals surface area (Å²) in [6, 6.07) is 0. The summed E-state index contributed by atoms with van der Waals surface area (Å²) in [4.78, 5) is 23.4. The number of alkyl halides is 1. The molecular weight excluding hydrogens is 301 g/mol. The SMILES string of the molecule is Cc1c(F)c(F)c(N)c2c(=O)c(C(=O)O)cn(C3(F)CC3)c12. The first-order valence-corrected chi connectivity index (χ1v) is 6.44. The van der Waals surface area contributed by atoms with Crippen molar-refractivity contribution >= 4 is 22.6 Å². The molecule has 0 saturated heterocycles. The second kappa shape index (κ2) is 4.25. The van der Waals surface area contributed by atoms with Crippen LogP contribution in [0.5, 0.6) is 0 Å². The first kappa shape index (κ1) is 14.4. The van der Waals surface area contributed by atoms with Gasteiger partial charge < -0.3 is 15.4 Å². The van der Waals surface area contributed by atoms with Gasteiger partial charge in [0, 0.05) is 24.6 Å². The summed E-state index contributed by atoms with van der Waals surface area (Å²) in [6.45, 7) is 1.18. The van der Waals surface area contributed by atoms with E-state index >= 15 is 0 Å². The van der Waals surface area contributed by atoms with Gasteiger partial charge in [0.05, 0.1) is 16.6 Å². The highest BCUT2D eigenvalue weighted by Gasteiger charge is 2.46. The Kier molecular flexibility index (Phi) is 2.79. The van der Waals surface area contributed by atoms with E-state index in [-0.39, 0.29) is 23.9 Å². The molecule has 0 radical (unpaired) electrons. The van der Waals surface area contributed by atoms with E-state index in [0.29, 0.717) is 0 Å². The fraction of sp³-hybridized carbons (Fsp3) is 0.286. The van der Waals surface area contributed by atoms with Crippen molar-refractivity contribution in [2.24, 2.45) is 0 Å². The number of anilines is 1. The van der Waals surface area contributed by atoms with Crippen LogP contribution in [0.3, 0.4) is 0 Å². The number of aromatic nitrogens is 1. The van der Waals surface area contributed by atoms with E-state index in [1.165, 1.54) is 6.92 Å². The van der Waals surface area contributed by atoms with E-state index < -0.39 is 45.5 Å². The number of carboxylic acid groups (broad SMARTS) is 1. The average molecular weight is 312 g/mol. The van der Waals surface area contributed by atoms with Gasteiger partial charge in [0.2, 0.25) is 5.43 Å². The molecule has 116 valence electrons. The highest BCUT2D eigenvalue weighted by Crippen LogP contribution is 2.47. The van der Waals surface area contributed by atoms with Gasteiger partial charge in [-0.1, -0.05) is 0 Å². The first-order valence-electron chi connectivity index (χ1n) is 6.44. The number of carbonyl (C=O) groups is 1. The molecule has 3 N–H and O–H groups in total. The second-order valence-electron chi connectivity index (χ2n) is 5.36. The largest absolute Gasteiger partial charge is 0.477 e. The highest BCUT2D eigenvalue weighted by molar-refractivity contribution is 5.98. The molecular formula is C14H11F3N2O3. The molecule has 1 saturated carbocycles. The molecule has 1 aromatic heterocycles. The van der Waals surface area contributed by atoms with E-state index in [9.17, 15) is 22.8 Å². The van der Waals surface area contributed by atoms with Crippen LogP contribution in [-0.2, 0) is 5.79 Å². The van der Waals surface area contributed by atoms with Crippen molar-refractivity contribution in [1.29, 1.82) is 0 Å². The molecule has 2 aromatic rings. The zero-order chi connectivity index (χ0) is 16.4. The Morgan fingerprint density at radius 3 is 2.45 bits per heavy atom. The van der Waals surface area contributed by atoms with E-state index in [0.717, 1.165) is 10.8 Å². The van der Waals surface area contributed by atoms with Crippen LogP contribution in [0.15, 0.2) is 11.0 Å². The lowest BCUT2D eigenvalue weighted by molar-refractivity contribution is 0.0694. The molecule has 3 rings (SSSR count). The Morgan fingerprint density at radius 2 is 1.95 bits per heavy atom. The zero-order valence-corrected chi connectivity index (χ0v) is 11.4. The lowest BCUT2D eigenvalue weighted by Gasteiger charge is -2.19. The fourth-order valence-corrected chi connectivity index (χ4v) is 2.54. The standard InChI is InChI=1S/C14H11F3N2O3/c1-5-8(15)9(16)10(18)7-11(5)19(14(17)2-3-14)4-6(12(7)20)13(21)22/h4H,2-3,18H2,1H3,(H,21,22). The van der Waals surface area contributed by atoms with Gasteiger partial charge in [-0.25, -0.2) is 18.0 Å². The number of nitrogens with two attached hydrogens (primary N) is 1. The smallest absolute Gasteiger partial charge is 0.341 e. The van der Waals surface area contributed by atoms with Crippen molar-refractivity contribution in [3.63, 3.8) is 0 Å². The van der Waals surface area contributed by atoms with Crippen molar-refractivity contribution in [3.8, 4) is 0 Å². The number of hydrogen-bond acceptors (Lipinski definition) is 3. The van der Waals surface area contributed by atoms with Gasteiger partial charge in [-0.15, -0.1) is 0 Å². The molecule has 1 heterocycles. The molecule has 0 amide bonds. The summed E-state index contributed by atoms with van der Waals surface area (Å²) in [5.74, 6) is -6.24. The molecule has 0 atom stereocenters. The minimum absolute atomic E-state index is 0.0857. The molecule has 8 heteroatoms. The Balaban J connectivity index is 2.62. The second-order valence-corrected chi connectivity index (χ2v) is 5.36. The van der Waals surface area contributed by atoms with Gasteiger partial charge in [0.15, 0.2) is 17.4 Å². The summed E-state index contributed by atoms with van der Waals surface area (Å²) in [5, 5.41) is 8.56. The number of benzene rings is 1. The number of aryl methyl sites for hydroxylation is 1. The number of pyridine rings is 1. The maximum Gasteiger partial charge on any atom is 0.341 e. The lowest BCUT2D eigenvalue weighted by Crippen LogP contribution is -2.25. The molecule has 5 nitrogen and oxygen atoms in total. The van der Waals surface area contributed by atoms with Gasteiger partial charge in [0.25, 0.3) is 0 Å². The van der Waals surface area contributed by atoms with E-state index in [2.05, 4.69) is 0 Å². The van der Waals surface area contributed by atoms with Gasteiger partial charge in [-0.05, 0) is 6.92 Å². The summed E-state index contributed by atoms with van der Waals surface area (Å²) < 4.78 is 43.0. The third-order valence-electron chi connectivity index (χ3n) is 3.92. The molecule has 0 unspecified atom stereocenters. The predicted octanol–water partition coefficient (Wildman–Crippen LogP) is 2.28. The van der Waals surface area contributed by atoms with E-state index in [1.807, 2.05) is 0 Å². The van der Waals surface area contributed by atoms with Crippen LogP contribution in [0.2, 0.25) is 0 Å². The Hall–Kier alpha value is -2.51. The minimum Gasteiger partial charge on any atom is -0.477 e. The number of nitrogens with zero attached hydrogens (tertiary/aromatic N) is 1. The van der Waals surface area contributed by atoms with Crippen LogP contribution < -0.4 is 11.2 Å². The number of halogens is 3. The lowest BCUT2D eigenvalue weighted by atomic mass is 10.0. The minimum atomic E-state index is -1.92. The Morgan fingerprint density at radius 1 is 1.36 bits per heavy atom. The maximum absolute atomic E-state index is 14.5. The van der Waals surface area contributed by atoms with Crippen LogP contribution >= 0.6 is 0 Å². The zero-order valence-electron chi connectivity index (χ0n) is 11.4. The molecule has 1 aliphatic carbocycles. The quantitative estimate of drug-likeness (QED) is 0.833. The number of hydrogen-bond donors (Lipinski definition) is 2. The molecule has 1 aromatic carbocycles. The number of nitrogen functional groups attached to an aromatic ring is 1. The van der Waals surface area contributed by atoms with Crippen LogP contribution in [0, 0.1) is 18.6 Å². The number of fused-ring (bicyclic) bond motifs is 1. The Labute approximate surface area is 121 Å². The van der Waals surface area contributed by atoms with Crippen LogP contribution in [0.4, 0.5) is 18.9 Å². The number of rotatable bonds is 2. The summed E-state index contributed by atoms with van der Waals surface area (Å²) in [6.07, 6.45) is 0.995. The fourth-order valence-electron chi connectivity index (χ4n) is 2.54. The van der Waals surface area contributed by atoms with Crippen molar-refractivity contribution in [3.05, 3.63) is 39.2 Å². The van der Waals surface area contributed by atoms with E-state index in [4.69, 9.17) is 10.8 Å². The van der Waals surface area contributed by atoms with Crippen molar-refractivity contribution in [1.82, 2.24) is 4.57 Å². The van der Waals surface area contributed by atoms with Gasteiger partial charge in [0.1, 0.15) is 5.56 Å². The average Bonchev–Trinajstić information content (AvgIpc) is 3.20. The predicted molar refractivity (Wildman–Crippen MR) is 72.5 cm³/mol. The van der Waals surface area contributed by atoms with Gasteiger partial charge in [-0.2, -0.15) is 0 Å².